The monoisotopic (exact) mass is 519 g/mol. The molecule has 3 aromatic rings. The van der Waals surface area contributed by atoms with Crippen LogP contribution in [0.3, 0.4) is 0 Å². The van der Waals surface area contributed by atoms with Gasteiger partial charge < -0.3 is 9.47 Å². The number of pyridine rings is 1. The Hall–Kier alpha value is -2.56. The molecule has 10 heteroatoms. The Labute approximate surface area is 211 Å². The van der Waals surface area contributed by atoms with Crippen LogP contribution < -0.4 is 4.74 Å². The third-order valence-corrected chi connectivity index (χ3v) is 7.87. The number of benzene rings is 1. The third-order valence-electron chi connectivity index (χ3n) is 6.80. The Morgan fingerprint density at radius 1 is 1.22 bits per heavy atom. The number of aromatic nitrogens is 2. The number of ether oxygens (including phenoxy) is 2. The van der Waals surface area contributed by atoms with Crippen molar-refractivity contribution in [3.05, 3.63) is 52.7 Å². The summed E-state index contributed by atoms with van der Waals surface area (Å²) in [5.41, 5.74) is 2.37. The summed E-state index contributed by atoms with van der Waals surface area (Å²) < 4.78 is 48.1. The maximum Gasteiger partial charge on any atom is 0.422 e. The Morgan fingerprint density at radius 3 is 2.92 bits per heavy atom. The van der Waals surface area contributed by atoms with Crippen LogP contribution in [0.15, 0.2) is 36.5 Å². The van der Waals surface area contributed by atoms with Crippen molar-refractivity contribution in [2.24, 2.45) is 5.92 Å². The molecule has 0 N–H and O–H groups in total. The molecule has 2 aromatic heterocycles. The number of hydrogen-bond acceptors (Lipinski definition) is 7. The lowest BCUT2D eigenvalue weighted by Gasteiger charge is -2.31. The van der Waals surface area contributed by atoms with Gasteiger partial charge in [-0.3, -0.25) is 14.7 Å². The second kappa shape index (κ2) is 10.8. The molecule has 2 aliphatic rings. The standard InChI is InChI=1S/C26H28F3N3O3S/c27-26(28,29)16-35-25-31-22-14-32(12-9-24(22)36-25)11-8-18-7-6-17(15-34-18)13-23(33)20-3-1-5-21-19(20)4-2-10-30-21/h1-5,10,17-18H,6-9,11-16H2/t17-,18-/m1/s1. The summed E-state index contributed by atoms with van der Waals surface area (Å²) in [6.45, 7) is 1.57. The predicted molar refractivity (Wildman–Crippen MR) is 130 cm³/mol. The van der Waals surface area contributed by atoms with E-state index in [9.17, 15) is 18.0 Å². The Morgan fingerprint density at radius 2 is 2.11 bits per heavy atom. The van der Waals surface area contributed by atoms with Crippen LogP contribution in [0, 0.1) is 5.92 Å². The van der Waals surface area contributed by atoms with Crippen molar-refractivity contribution in [3.63, 3.8) is 0 Å². The minimum absolute atomic E-state index is 0.0927. The summed E-state index contributed by atoms with van der Waals surface area (Å²) >= 11 is 1.21. The second-order valence-electron chi connectivity index (χ2n) is 9.47. The number of halogens is 3. The molecule has 192 valence electrons. The van der Waals surface area contributed by atoms with Crippen LogP contribution in [0.2, 0.25) is 0 Å². The molecule has 36 heavy (non-hydrogen) atoms. The first-order chi connectivity index (χ1) is 17.3. The van der Waals surface area contributed by atoms with E-state index in [-0.39, 0.29) is 23.0 Å². The van der Waals surface area contributed by atoms with Crippen LogP contribution in [-0.2, 0) is 17.7 Å². The molecule has 0 radical (unpaired) electrons. The molecule has 2 atom stereocenters. The van der Waals surface area contributed by atoms with Gasteiger partial charge in [-0.25, -0.2) is 4.98 Å². The van der Waals surface area contributed by atoms with Gasteiger partial charge in [-0.2, -0.15) is 13.2 Å². The molecule has 0 spiro atoms. The van der Waals surface area contributed by atoms with E-state index in [0.29, 0.717) is 19.6 Å². The molecule has 4 heterocycles. The summed E-state index contributed by atoms with van der Waals surface area (Å²) in [5, 5.41) is 0.985. The van der Waals surface area contributed by atoms with E-state index in [1.165, 1.54) is 11.3 Å². The lowest BCUT2D eigenvalue weighted by molar-refractivity contribution is -0.153. The quantitative estimate of drug-likeness (QED) is 0.369. The van der Waals surface area contributed by atoms with Crippen LogP contribution in [0.5, 0.6) is 5.19 Å². The topological polar surface area (TPSA) is 64.6 Å². The Kier molecular flexibility index (Phi) is 7.55. The van der Waals surface area contributed by atoms with E-state index >= 15 is 0 Å². The van der Waals surface area contributed by atoms with E-state index in [1.807, 2.05) is 30.3 Å². The number of thiazole rings is 1. The summed E-state index contributed by atoms with van der Waals surface area (Å²) in [4.78, 5) is 24.9. The highest BCUT2D eigenvalue weighted by Gasteiger charge is 2.30. The van der Waals surface area contributed by atoms with Crippen molar-refractivity contribution < 1.29 is 27.4 Å². The molecule has 1 fully saturated rings. The maximum atomic E-state index is 13.0. The number of ketones is 1. The molecule has 0 amide bonds. The lowest BCUT2D eigenvalue weighted by Crippen LogP contribution is -2.35. The summed E-state index contributed by atoms with van der Waals surface area (Å²) in [5.74, 6) is 0.343. The highest BCUT2D eigenvalue weighted by molar-refractivity contribution is 7.13. The largest absolute Gasteiger partial charge is 0.460 e. The van der Waals surface area contributed by atoms with Crippen molar-refractivity contribution >= 4 is 28.0 Å². The number of carbonyl (C=O) groups is 1. The van der Waals surface area contributed by atoms with Gasteiger partial charge in [0.25, 0.3) is 5.19 Å². The summed E-state index contributed by atoms with van der Waals surface area (Å²) in [6, 6.07) is 9.46. The van der Waals surface area contributed by atoms with Gasteiger partial charge >= 0.3 is 6.18 Å². The van der Waals surface area contributed by atoms with E-state index in [2.05, 4.69) is 14.9 Å². The number of carbonyl (C=O) groups excluding carboxylic acids is 1. The van der Waals surface area contributed by atoms with Gasteiger partial charge in [0.1, 0.15) is 0 Å². The maximum absolute atomic E-state index is 13.0. The molecule has 1 saturated heterocycles. The fourth-order valence-electron chi connectivity index (χ4n) is 4.92. The molecule has 1 aromatic carbocycles. The van der Waals surface area contributed by atoms with Crippen LogP contribution >= 0.6 is 11.3 Å². The molecule has 0 saturated carbocycles. The van der Waals surface area contributed by atoms with Crippen molar-refractivity contribution in [1.82, 2.24) is 14.9 Å². The van der Waals surface area contributed by atoms with Gasteiger partial charge in [-0.15, -0.1) is 0 Å². The first-order valence-corrected chi connectivity index (χ1v) is 13.0. The minimum atomic E-state index is -4.36. The number of rotatable bonds is 8. The summed E-state index contributed by atoms with van der Waals surface area (Å²) in [6.07, 6.45) is 1.51. The number of nitrogens with zero attached hydrogens (tertiary/aromatic N) is 3. The minimum Gasteiger partial charge on any atom is -0.460 e. The first kappa shape index (κ1) is 25.1. The molecule has 5 rings (SSSR count). The number of Topliss-reactive ketones (excluding diaryl/α,β-unsaturated/α-hetero) is 1. The molecular weight excluding hydrogens is 491 g/mol. The van der Waals surface area contributed by atoms with Gasteiger partial charge in [0, 0.05) is 48.1 Å². The average molecular weight is 520 g/mol. The van der Waals surface area contributed by atoms with E-state index in [1.54, 1.807) is 6.20 Å². The van der Waals surface area contributed by atoms with Crippen molar-refractivity contribution in [2.75, 3.05) is 26.3 Å². The van der Waals surface area contributed by atoms with Gasteiger partial charge in [-0.1, -0.05) is 29.5 Å². The second-order valence-corrected chi connectivity index (χ2v) is 10.5. The van der Waals surface area contributed by atoms with Crippen molar-refractivity contribution in [3.8, 4) is 5.19 Å². The van der Waals surface area contributed by atoms with Crippen LogP contribution in [-0.4, -0.2) is 59.2 Å². The Balaban J connectivity index is 1.06. The zero-order valence-corrected chi connectivity index (χ0v) is 20.6. The van der Waals surface area contributed by atoms with Crippen LogP contribution in [0.25, 0.3) is 10.9 Å². The van der Waals surface area contributed by atoms with Gasteiger partial charge in [0.15, 0.2) is 12.4 Å². The van der Waals surface area contributed by atoms with E-state index in [4.69, 9.17) is 9.47 Å². The van der Waals surface area contributed by atoms with Gasteiger partial charge in [-0.05, 0) is 43.7 Å². The highest BCUT2D eigenvalue weighted by atomic mass is 32.1. The number of alkyl halides is 3. The van der Waals surface area contributed by atoms with Crippen molar-refractivity contribution in [2.45, 2.75) is 50.9 Å². The number of fused-ring (bicyclic) bond motifs is 2. The molecule has 0 unspecified atom stereocenters. The van der Waals surface area contributed by atoms with Crippen molar-refractivity contribution in [1.29, 1.82) is 0 Å². The zero-order valence-electron chi connectivity index (χ0n) is 19.8. The molecule has 0 bridgehead atoms. The SMILES string of the molecule is O=C(C[C@H]1CC[C@H](CCN2CCc3sc(OCC(F)(F)F)nc3C2)OC1)c1cccc2ncccc12. The predicted octanol–water partition coefficient (Wildman–Crippen LogP) is 5.45. The molecule has 0 aliphatic carbocycles. The van der Waals surface area contributed by atoms with E-state index in [0.717, 1.165) is 65.8 Å². The fourth-order valence-corrected chi connectivity index (χ4v) is 5.83. The summed E-state index contributed by atoms with van der Waals surface area (Å²) in [7, 11) is 0. The smallest absolute Gasteiger partial charge is 0.422 e. The highest BCUT2D eigenvalue weighted by Crippen LogP contribution is 2.32. The van der Waals surface area contributed by atoms with Gasteiger partial charge in [0.05, 0.1) is 23.9 Å². The Bertz CT molecular complexity index is 1200. The fraction of sp³-hybridized carbons (Fsp3) is 0.500. The average Bonchev–Trinajstić information content (AvgIpc) is 3.29. The molecule has 6 nitrogen and oxygen atoms in total. The zero-order chi connectivity index (χ0) is 25.1. The molecular formula is C26H28F3N3O3S. The third kappa shape index (κ3) is 6.22. The normalized spacial score (nSPS) is 20.9. The van der Waals surface area contributed by atoms with Crippen LogP contribution in [0.4, 0.5) is 13.2 Å². The molecule has 2 aliphatic heterocycles. The van der Waals surface area contributed by atoms with E-state index < -0.39 is 12.8 Å². The van der Waals surface area contributed by atoms with Gasteiger partial charge in [0.2, 0.25) is 0 Å². The lowest BCUT2D eigenvalue weighted by atomic mass is 9.90. The van der Waals surface area contributed by atoms with Crippen LogP contribution in [0.1, 0.15) is 46.6 Å². The first-order valence-electron chi connectivity index (χ1n) is 12.2. The number of hydrogen-bond donors (Lipinski definition) is 0.